The van der Waals surface area contributed by atoms with Gasteiger partial charge in [-0.05, 0) is 92.2 Å². The Kier molecular flexibility index (Phi) is 15.6. The fourth-order valence-corrected chi connectivity index (χ4v) is 5.56. The fourth-order valence-electron chi connectivity index (χ4n) is 5.56. The monoisotopic (exact) mass is 689 g/mol. The van der Waals surface area contributed by atoms with Gasteiger partial charge in [-0.3, -0.25) is 0 Å². The Morgan fingerprint density at radius 2 is 0.727 bits per heavy atom. The molecular formula is C35H60Cl2MnN6. The molecule has 0 amide bonds. The second-order valence-electron chi connectivity index (χ2n) is 13.1. The van der Waals surface area contributed by atoms with Gasteiger partial charge >= 0.3 is 33.3 Å². The number of rotatable bonds is 15. The molecule has 0 saturated heterocycles. The Bertz CT molecular complexity index is 1130. The van der Waals surface area contributed by atoms with Gasteiger partial charge in [-0.15, -0.1) is 0 Å². The summed E-state index contributed by atoms with van der Waals surface area (Å²) in [5, 5.41) is 16.4. The van der Waals surface area contributed by atoms with Crippen molar-refractivity contribution in [2.45, 2.75) is 170 Å². The normalized spacial score (nSPS) is 17.2. The van der Waals surface area contributed by atoms with Crippen molar-refractivity contribution in [2.24, 2.45) is 0 Å². The number of halogens is 2. The molecule has 9 heteroatoms. The van der Waals surface area contributed by atoms with Gasteiger partial charge in [-0.25, -0.2) is 14.0 Å². The fraction of sp³-hybridized carbons (Fsp3) is 0.743. The van der Waals surface area contributed by atoms with Gasteiger partial charge < -0.3 is 0 Å². The van der Waals surface area contributed by atoms with Crippen molar-refractivity contribution < 1.29 is 13.1 Å². The van der Waals surface area contributed by atoms with E-state index in [2.05, 4.69) is 122 Å². The summed E-state index contributed by atoms with van der Waals surface area (Å²) in [6, 6.07) is 7.10. The first kappa shape index (κ1) is 38.9. The summed E-state index contributed by atoms with van der Waals surface area (Å²) >= 11 is 0.00694. The van der Waals surface area contributed by atoms with Gasteiger partial charge in [0.2, 0.25) is 5.79 Å². The molecule has 251 valence electrons. The molecule has 0 spiro atoms. The quantitative estimate of drug-likeness (QED) is 0.149. The number of hydrogen-bond donors (Lipinski definition) is 0. The molecule has 0 bridgehead atoms. The van der Waals surface area contributed by atoms with E-state index in [0.717, 1.165) is 55.6 Å². The second kappa shape index (κ2) is 17.6. The van der Waals surface area contributed by atoms with E-state index in [0.29, 0.717) is 35.5 Å². The van der Waals surface area contributed by atoms with Crippen molar-refractivity contribution in [2.75, 3.05) is 0 Å². The van der Waals surface area contributed by atoms with Gasteiger partial charge in [0.25, 0.3) is 0 Å². The molecule has 6 unspecified atom stereocenters. The van der Waals surface area contributed by atoms with E-state index >= 15 is 0 Å². The molecule has 6 atom stereocenters. The molecule has 3 aromatic heterocycles. The maximum absolute atomic E-state index is 5.47. The minimum absolute atomic E-state index is 0.00694. The van der Waals surface area contributed by atoms with Crippen molar-refractivity contribution in [3.8, 4) is 0 Å². The van der Waals surface area contributed by atoms with E-state index in [4.69, 9.17) is 35.5 Å². The molecule has 0 aliphatic carbocycles. The van der Waals surface area contributed by atoms with E-state index in [1.54, 1.807) is 0 Å². The number of aromatic nitrogens is 6. The minimum atomic E-state index is -0.778. The van der Waals surface area contributed by atoms with Crippen LogP contribution in [0.1, 0.15) is 198 Å². The van der Waals surface area contributed by atoms with Gasteiger partial charge in [0, 0.05) is 24.0 Å². The standard InChI is InChI=1S/C35H60N6.2ClH.Mn/c1-14-23(7)29-20-32(26(10)17-4)39(36-29)35(13,40-33(27(11)18-5)21-30(37-40)24(8)15-2)41-34(28(12)19-6)22-31(38-41)25(9)16-3;;;/h20-28H,14-19H2,1-13H3;2*1H;/q;;;+2/p-2. The summed E-state index contributed by atoms with van der Waals surface area (Å²) in [5.41, 5.74) is 7.26. The van der Waals surface area contributed by atoms with Crippen LogP contribution in [0.15, 0.2) is 18.2 Å². The summed E-state index contributed by atoms with van der Waals surface area (Å²) in [4.78, 5) is 0. The van der Waals surface area contributed by atoms with Crippen LogP contribution >= 0.6 is 20.2 Å². The van der Waals surface area contributed by atoms with Crippen molar-refractivity contribution in [1.29, 1.82) is 0 Å². The topological polar surface area (TPSA) is 53.5 Å². The molecule has 3 heterocycles. The average Bonchev–Trinajstić information content (AvgIpc) is 3.80. The zero-order chi connectivity index (χ0) is 33.4. The second-order valence-corrected chi connectivity index (χ2v) is 15.0. The number of hydrogen-bond acceptors (Lipinski definition) is 3. The first-order valence-corrected chi connectivity index (χ1v) is 20.3. The Morgan fingerprint density at radius 3 is 0.909 bits per heavy atom. The third-order valence-corrected chi connectivity index (χ3v) is 10.2. The Balaban J connectivity index is 0.00000216. The molecule has 6 nitrogen and oxygen atoms in total. The van der Waals surface area contributed by atoms with E-state index in [1.807, 2.05) is 0 Å². The summed E-state index contributed by atoms with van der Waals surface area (Å²) in [6.07, 6.45) is 6.32. The predicted octanol–water partition coefficient (Wildman–Crippen LogP) is 11.5. The first-order valence-electron chi connectivity index (χ1n) is 17.0. The van der Waals surface area contributed by atoms with Crippen LogP contribution < -0.4 is 0 Å². The van der Waals surface area contributed by atoms with Crippen LogP contribution in [0.2, 0.25) is 0 Å². The van der Waals surface area contributed by atoms with Gasteiger partial charge in [0.05, 0.1) is 17.1 Å². The first-order chi connectivity index (χ1) is 20.8. The summed E-state index contributed by atoms with van der Waals surface area (Å²) < 4.78 is 6.92. The number of nitrogens with zero attached hydrogens (tertiary/aromatic N) is 6. The van der Waals surface area contributed by atoms with Crippen molar-refractivity contribution in [3.05, 3.63) is 52.4 Å². The summed E-state index contributed by atoms with van der Waals surface area (Å²) in [5.74, 6) is 1.43. The van der Waals surface area contributed by atoms with Crippen LogP contribution in [0.5, 0.6) is 0 Å². The van der Waals surface area contributed by atoms with Gasteiger partial charge in [-0.2, -0.15) is 15.3 Å². The SMILES string of the molecule is CCC(C)c1cc(C(C)CC)n(C(C)(n2nc(C(C)CC)cc2C(C)CC)n2nc(C(C)CC)cc2C(C)CC)n1.[Cl][Mn][Cl]. The van der Waals surface area contributed by atoms with Crippen molar-refractivity contribution in [3.63, 3.8) is 0 Å². The molecular weight excluding hydrogens is 630 g/mol. The Hall–Kier alpha value is -1.27. The Labute approximate surface area is 283 Å². The summed E-state index contributed by atoms with van der Waals surface area (Å²) in [7, 11) is 9.59. The zero-order valence-electron chi connectivity index (χ0n) is 29.8. The molecule has 0 saturated carbocycles. The maximum atomic E-state index is 5.47. The van der Waals surface area contributed by atoms with Crippen molar-refractivity contribution in [1.82, 2.24) is 29.3 Å². The molecule has 0 radical (unpaired) electrons. The molecule has 0 N–H and O–H groups in total. The van der Waals surface area contributed by atoms with Crippen LogP contribution in [0.3, 0.4) is 0 Å². The molecule has 3 rings (SSSR count). The third-order valence-electron chi connectivity index (χ3n) is 10.2. The van der Waals surface area contributed by atoms with Crippen LogP contribution in [-0.2, 0) is 18.9 Å². The zero-order valence-corrected chi connectivity index (χ0v) is 32.4. The third kappa shape index (κ3) is 8.17. The van der Waals surface area contributed by atoms with Gasteiger partial charge in [0.1, 0.15) is 0 Å². The van der Waals surface area contributed by atoms with E-state index < -0.39 is 5.79 Å². The molecule has 0 fully saturated rings. The molecule has 3 aromatic rings. The van der Waals surface area contributed by atoms with Gasteiger partial charge in [0.15, 0.2) is 0 Å². The molecule has 0 aliphatic heterocycles. The predicted molar refractivity (Wildman–Crippen MR) is 185 cm³/mol. The van der Waals surface area contributed by atoms with Crippen LogP contribution in [0, 0.1) is 0 Å². The molecule has 0 aliphatic rings. The van der Waals surface area contributed by atoms with E-state index in [9.17, 15) is 0 Å². The van der Waals surface area contributed by atoms with E-state index in [1.165, 1.54) is 17.1 Å². The van der Waals surface area contributed by atoms with Crippen molar-refractivity contribution >= 4 is 20.2 Å². The molecule has 44 heavy (non-hydrogen) atoms. The van der Waals surface area contributed by atoms with Crippen LogP contribution in [0.25, 0.3) is 0 Å². The van der Waals surface area contributed by atoms with E-state index in [-0.39, 0.29) is 13.1 Å². The molecule has 0 aromatic carbocycles. The van der Waals surface area contributed by atoms with Crippen LogP contribution in [-0.4, -0.2) is 29.3 Å². The summed E-state index contributed by atoms with van der Waals surface area (Å²) in [6.45, 7) is 29.8. The van der Waals surface area contributed by atoms with Gasteiger partial charge in [-0.1, -0.05) is 83.1 Å². The Morgan fingerprint density at radius 1 is 0.523 bits per heavy atom. The average molecular weight is 691 g/mol. The van der Waals surface area contributed by atoms with Crippen LogP contribution in [0.4, 0.5) is 0 Å².